The normalized spacial score (nSPS) is 10.8. The second-order valence-electron chi connectivity index (χ2n) is 5.18. The molecule has 6 nitrogen and oxygen atoms in total. The monoisotopic (exact) mass is 334 g/mol. The van der Waals surface area contributed by atoms with Crippen LogP contribution >= 0.6 is 0 Å². The molecule has 0 bridgehead atoms. The van der Waals surface area contributed by atoms with Crippen molar-refractivity contribution < 1.29 is 9.53 Å². The van der Waals surface area contributed by atoms with Gasteiger partial charge >= 0.3 is 0 Å². The highest BCUT2D eigenvalue weighted by Crippen LogP contribution is 2.19. The molecule has 0 spiro atoms. The maximum atomic E-state index is 12.1. The Morgan fingerprint density at radius 3 is 2.72 bits per heavy atom. The van der Waals surface area contributed by atoms with Crippen molar-refractivity contribution in [2.45, 2.75) is 6.92 Å². The lowest BCUT2D eigenvalue weighted by Crippen LogP contribution is -2.07. The van der Waals surface area contributed by atoms with Crippen molar-refractivity contribution in [3.8, 4) is 11.4 Å². The van der Waals surface area contributed by atoms with E-state index in [0.717, 1.165) is 17.0 Å². The topological polar surface area (TPSA) is 69.0 Å². The number of nitrogens with zero attached hydrogens (tertiary/aromatic N) is 3. The first-order valence-electron chi connectivity index (χ1n) is 7.92. The molecule has 0 aliphatic carbocycles. The first kappa shape index (κ1) is 16.4. The summed E-state index contributed by atoms with van der Waals surface area (Å²) in [5.74, 6) is 0.547. The van der Waals surface area contributed by atoms with Gasteiger partial charge in [0.15, 0.2) is 0 Å². The van der Waals surface area contributed by atoms with Gasteiger partial charge in [0.25, 0.3) is 0 Å². The molecular weight excluding hydrogens is 316 g/mol. The molecule has 0 saturated carbocycles. The number of benzene rings is 2. The van der Waals surface area contributed by atoms with Crippen molar-refractivity contribution in [1.82, 2.24) is 14.8 Å². The molecule has 3 aromatic rings. The maximum Gasteiger partial charge on any atom is 0.248 e. The Labute approximate surface area is 145 Å². The van der Waals surface area contributed by atoms with Gasteiger partial charge < -0.3 is 10.1 Å². The van der Waals surface area contributed by atoms with Crippen molar-refractivity contribution in [3.63, 3.8) is 0 Å². The number of hydrogen-bond donors (Lipinski definition) is 1. The van der Waals surface area contributed by atoms with Gasteiger partial charge in [0.2, 0.25) is 5.91 Å². The van der Waals surface area contributed by atoms with Crippen molar-refractivity contribution >= 4 is 17.7 Å². The van der Waals surface area contributed by atoms with Crippen molar-refractivity contribution in [2.24, 2.45) is 0 Å². The number of anilines is 1. The fraction of sp³-hybridized carbons (Fsp3) is 0.105. The molecule has 6 heteroatoms. The minimum atomic E-state index is -0.209. The van der Waals surface area contributed by atoms with E-state index >= 15 is 0 Å². The van der Waals surface area contributed by atoms with Gasteiger partial charge in [-0.25, -0.2) is 9.67 Å². The molecule has 2 aromatic carbocycles. The average Bonchev–Trinajstić information content (AvgIpc) is 3.17. The van der Waals surface area contributed by atoms with Gasteiger partial charge in [-0.15, -0.1) is 0 Å². The van der Waals surface area contributed by atoms with Crippen LogP contribution in [-0.4, -0.2) is 27.3 Å². The van der Waals surface area contributed by atoms with E-state index in [9.17, 15) is 4.79 Å². The van der Waals surface area contributed by atoms with Crippen LogP contribution in [0.3, 0.4) is 0 Å². The van der Waals surface area contributed by atoms with Crippen molar-refractivity contribution in [1.29, 1.82) is 0 Å². The lowest BCUT2D eigenvalue weighted by Gasteiger charge is -2.06. The zero-order valence-electron chi connectivity index (χ0n) is 13.8. The van der Waals surface area contributed by atoms with Gasteiger partial charge in [-0.3, -0.25) is 4.79 Å². The maximum absolute atomic E-state index is 12.1. The predicted octanol–water partition coefficient (Wildman–Crippen LogP) is 3.32. The molecule has 126 valence electrons. The third-order valence-electron chi connectivity index (χ3n) is 3.45. The van der Waals surface area contributed by atoms with E-state index in [0.29, 0.717) is 12.3 Å². The number of para-hydroxylation sites is 1. The summed E-state index contributed by atoms with van der Waals surface area (Å²) in [5.41, 5.74) is 2.44. The van der Waals surface area contributed by atoms with Crippen molar-refractivity contribution in [3.05, 3.63) is 72.8 Å². The Morgan fingerprint density at radius 1 is 1.20 bits per heavy atom. The molecule has 0 radical (unpaired) electrons. The molecule has 25 heavy (non-hydrogen) atoms. The summed E-state index contributed by atoms with van der Waals surface area (Å²) in [5, 5.41) is 6.88. The van der Waals surface area contributed by atoms with Gasteiger partial charge in [0.05, 0.1) is 12.3 Å². The van der Waals surface area contributed by atoms with Crippen LogP contribution in [0.5, 0.6) is 5.75 Å². The predicted molar refractivity (Wildman–Crippen MR) is 96.6 cm³/mol. The molecule has 1 heterocycles. The van der Waals surface area contributed by atoms with E-state index in [4.69, 9.17) is 4.74 Å². The second-order valence-corrected chi connectivity index (χ2v) is 5.18. The third-order valence-corrected chi connectivity index (χ3v) is 3.45. The minimum Gasteiger partial charge on any atom is -0.493 e. The Hall–Kier alpha value is -3.41. The van der Waals surface area contributed by atoms with Gasteiger partial charge in [0, 0.05) is 17.3 Å². The molecule has 1 aromatic heterocycles. The summed E-state index contributed by atoms with van der Waals surface area (Å²) in [6, 6.07) is 14.9. The van der Waals surface area contributed by atoms with Crippen LogP contribution in [0.1, 0.15) is 12.5 Å². The lowest BCUT2D eigenvalue weighted by atomic mass is 10.2. The number of carbonyl (C=O) groups excluding carboxylic acids is 1. The Bertz CT molecular complexity index is 855. The molecule has 1 amide bonds. The zero-order valence-corrected chi connectivity index (χ0v) is 13.8. The number of amides is 1. The van der Waals surface area contributed by atoms with Crippen LogP contribution in [0.4, 0.5) is 5.69 Å². The largest absolute Gasteiger partial charge is 0.493 e. The van der Waals surface area contributed by atoms with E-state index < -0.39 is 0 Å². The van der Waals surface area contributed by atoms with Gasteiger partial charge in [-0.1, -0.05) is 18.2 Å². The fourth-order valence-corrected chi connectivity index (χ4v) is 2.29. The van der Waals surface area contributed by atoms with Gasteiger partial charge in [-0.05, 0) is 43.3 Å². The Kier molecular flexibility index (Phi) is 5.21. The van der Waals surface area contributed by atoms with Crippen LogP contribution in [-0.2, 0) is 4.79 Å². The number of ether oxygens (including phenoxy) is 1. The Morgan fingerprint density at radius 2 is 2.00 bits per heavy atom. The molecule has 0 aliphatic heterocycles. The summed E-state index contributed by atoms with van der Waals surface area (Å²) in [6.07, 6.45) is 6.32. The van der Waals surface area contributed by atoms with E-state index in [2.05, 4.69) is 15.4 Å². The average molecular weight is 334 g/mol. The highest BCUT2D eigenvalue weighted by Gasteiger charge is 2.02. The van der Waals surface area contributed by atoms with Gasteiger partial charge in [0.1, 0.15) is 18.4 Å². The van der Waals surface area contributed by atoms with Gasteiger partial charge in [-0.2, -0.15) is 5.10 Å². The van der Waals surface area contributed by atoms with Crippen LogP contribution in [0.2, 0.25) is 0 Å². The Balaban J connectivity index is 1.64. The highest BCUT2D eigenvalue weighted by molar-refractivity contribution is 6.02. The summed E-state index contributed by atoms with van der Waals surface area (Å²) in [7, 11) is 0. The van der Waals surface area contributed by atoms with E-state index in [-0.39, 0.29) is 5.91 Å². The van der Waals surface area contributed by atoms with Crippen LogP contribution < -0.4 is 10.1 Å². The molecule has 0 atom stereocenters. The summed E-state index contributed by atoms with van der Waals surface area (Å²) in [6.45, 7) is 2.51. The number of carbonyl (C=O) groups is 1. The third kappa shape index (κ3) is 4.32. The van der Waals surface area contributed by atoms with Crippen molar-refractivity contribution in [2.75, 3.05) is 11.9 Å². The molecule has 0 fully saturated rings. The molecule has 0 unspecified atom stereocenters. The number of rotatable bonds is 6. The molecular formula is C19H18N4O2. The summed E-state index contributed by atoms with van der Waals surface area (Å²) in [4.78, 5) is 16.0. The standard InChI is InChI=1S/C19H18N4O2/c1-2-25-18-6-4-3-5-15(18)7-12-19(24)22-16-8-10-17(11-9-16)23-14-20-13-21-23/h3-14H,2H2,1H3,(H,22,24)/b12-7+. The number of aromatic nitrogens is 3. The molecule has 3 rings (SSSR count). The first-order valence-corrected chi connectivity index (χ1v) is 7.92. The molecule has 0 aliphatic rings. The molecule has 1 N–H and O–H groups in total. The molecule has 0 saturated heterocycles. The highest BCUT2D eigenvalue weighted by atomic mass is 16.5. The smallest absolute Gasteiger partial charge is 0.248 e. The SMILES string of the molecule is CCOc1ccccc1/C=C/C(=O)Nc1ccc(-n2cncn2)cc1. The fourth-order valence-electron chi connectivity index (χ4n) is 2.29. The quantitative estimate of drug-likeness (QED) is 0.702. The van der Waals surface area contributed by atoms with E-state index in [1.54, 1.807) is 17.1 Å². The van der Waals surface area contributed by atoms with E-state index in [1.807, 2.05) is 55.5 Å². The number of nitrogens with one attached hydrogen (secondary N) is 1. The second kappa shape index (κ2) is 7.92. The van der Waals surface area contributed by atoms with Crippen LogP contribution in [0.15, 0.2) is 67.3 Å². The van der Waals surface area contributed by atoms with E-state index in [1.165, 1.54) is 12.4 Å². The first-order chi connectivity index (χ1) is 12.3. The minimum absolute atomic E-state index is 0.209. The van der Waals surface area contributed by atoms with Crippen LogP contribution in [0.25, 0.3) is 11.8 Å². The summed E-state index contributed by atoms with van der Waals surface area (Å²) < 4.78 is 7.19. The number of hydrogen-bond acceptors (Lipinski definition) is 4. The summed E-state index contributed by atoms with van der Waals surface area (Å²) >= 11 is 0. The zero-order chi connectivity index (χ0) is 17.5. The lowest BCUT2D eigenvalue weighted by molar-refractivity contribution is -0.111. The van der Waals surface area contributed by atoms with Crippen LogP contribution in [0, 0.1) is 0 Å².